The highest BCUT2D eigenvalue weighted by atomic mass is 19.4. The number of unbranched alkanes of at least 4 members (excludes halogenated alkanes) is 1. The highest BCUT2D eigenvalue weighted by Gasteiger charge is 2.31. The number of alkyl halides is 3. The highest BCUT2D eigenvalue weighted by molar-refractivity contribution is 5.12. The van der Waals surface area contributed by atoms with E-state index in [0.29, 0.717) is 6.42 Å². The van der Waals surface area contributed by atoms with Crippen LogP contribution in [0.4, 0.5) is 13.2 Å². The van der Waals surface area contributed by atoms with Gasteiger partial charge in [0.2, 0.25) is 0 Å². The molecule has 0 rings (SSSR count). The van der Waals surface area contributed by atoms with Gasteiger partial charge < -0.3 is 5.11 Å². The first-order chi connectivity index (χ1) is 7.58. The van der Waals surface area contributed by atoms with Crippen LogP contribution >= 0.6 is 0 Å². The van der Waals surface area contributed by atoms with E-state index in [4.69, 9.17) is 0 Å². The zero-order valence-electron chi connectivity index (χ0n) is 10.9. The highest BCUT2D eigenvalue weighted by Crippen LogP contribution is 2.30. The van der Waals surface area contributed by atoms with E-state index in [0.717, 1.165) is 12.8 Å². The van der Waals surface area contributed by atoms with Crippen LogP contribution in [-0.4, -0.2) is 17.4 Å². The van der Waals surface area contributed by atoms with Crippen molar-refractivity contribution in [3.05, 3.63) is 0 Å². The predicted molar refractivity (Wildman–Crippen MR) is 62.3 cm³/mol. The third-order valence-electron chi connectivity index (χ3n) is 2.54. The van der Waals surface area contributed by atoms with Crippen LogP contribution < -0.4 is 0 Å². The lowest BCUT2D eigenvalue weighted by Crippen LogP contribution is -2.31. The fourth-order valence-corrected chi connectivity index (χ4v) is 1.63. The largest absolute Gasteiger partial charge is 0.457 e. The Balaban J connectivity index is 4.82. The average molecular weight is 250 g/mol. The Kier molecular flexibility index (Phi) is 6.04. The molecule has 1 nitrogen and oxygen atoms in total. The Hall–Kier alpha value is -0.690. The Morgan fingerprint density at radius 2 is 1.71 bits per heavy atom. The molecule has 0 aliphatic heterocycles. The molecule has 0 radical (unpaired) electrons. The van der Waals surface area contributed by atoms with E-state index in [1.165, 1.54) is 5.92 Å². The van der Waals surface area contributed by atoms with Gasteiger partial charge in [0.25, 0.3) is 0 Å². The second-order valence-electron chi connectivity index (χ2n) is 5.32. The third kappa shape index (κ3) is 7.27. The second-order valence-corrected chi connectivity index (χ2v) is 5.32. The maximum Gasteiger partial charge on any atom is 0.457 e. The first-order valence-corrected chi connectivity index (χ1v) is 5.85. The molecule has 0 saturated heterocycles. The monoisotopic (exact) mass is 250 g/mol. The number of halogens is 3. The summed E-state index contributed by atoms with van der Waals surface area (Å²) in [4.78, 5) is 0. The molecule has 0 aromatic heterocycles. The molecule has 0 bridgehead atoms. The van der Waals surface area contributed by atoms with Crippen LogP contribution in [0.3, 0.4) is 0 Å². The third-order valence-corrected chi connectivity index (χ3v) is 2.54. The van der Waals surface area contributed by atoms with Crippen molar-refractivity contribution in [2.24, 2.45) is 11.3 Å². The van der Waals surface area contributed by atoms with Crippen molar-refractivity contribution < 1.29 is 18.3 Å². The second kappa shape index (κ2) is 6.30. The number of hydrogen-bond donors (Lipinski definition) is 1. The molecule has 0 saturated carbocycles. The molecule has 0 spiro atoms. The summed E-state index contributed by atoms with van der Waals surface area (Å²) in [6.45, 7) is 7.34. The van der Waals surface area contributed by atoms with Gasteiger partial charge in [-0.1, -0.05) is 46.5 Å². The maximum atomic E-state index is 12.1. The quantitative estimate of drug-likeness (QED) is 0.753. The van der Waals surface area contributed by atoms with Crippen LogP contribution in [0.2, 0.25) is 0 Å². The van der Waals surface area contributed by atoms with Crippen molar-refractivity contribution in [2.75, 3.05) is 0 Å². The molecule has 0 aliphatic carbocycles. The van der Waals surface area contributed by atoms with Crippen molar-refractivity contribution in [3.8, 4) is 11.8 Å². The molecular weight excluding hydrogens is 229 g/mol. The summed E-state index contributed by atoms with van der Waals surface area (Å²) in [5.41, 5.74) is -0.467. The number of aliphatic hydroxyl groups is 1. The van der Waals surface area contributed by atoms with E-state index in [-0.39, 0.29) is 0 Å². The van der Waals surface area contributed by atoms with E-state index in [1.54, 1.807) is 20.8 Å². The summed E-state index contributed by atoms with van der Waals surface area (Å²) in [6, 6.07) is 0. The summed E-state index contributed by atoms with van der Waals surface area (Å²) < 4.78 is 36.2. The van der Waals surface area contributed by atoms with Crippen LogP contribution in [0.1, 0.15) is 47.0 Å². The Labute approximate surface area is 101 Å². The van der Waals surface area contributed by atoms with Gasteiger partial charge in [-0.2, -0.15) is 13.2 Å². The van der Waals surface area contributed by atoms with Gasteiger partial charge in [0.1, 0.15) is 0 Å². The van der Waals surface area contributed by atoms with Gasteiger partial charge >= 0.3 is 6.18 Å². The van der Waals surface area contributed by atoms with E-state index < -0.39 is 23.6 Å². The lowest BCUT2D eigenvalue weighted by atomic mass is 9.76. The van der Waals surface area contributed by atoms with Gasteiger partial charge in [-0.15, -0.1) is 0 Å². The summed E-state index contributed by atoms with van der Waals surface area (Å²) in [5.74, 6) is 2.80. The Morgan fingerprint density at radius 1 is 1.18 bits per heavy atom. The summed E-state index contributed by atoms with van der Waals surface area (Å²) >= 11 is 0. The van der Waals surface area contributed by atoms with Crippen molar-refractivity contribution in [1.82, 2.24) is 0 Å². The first-order valence-electron chi connectivity index (χ1n) is 5.85. The standard InChI is InChI=1S/C13H21F3O/c1-5-6-7-11(17)10(12(2,3)4)8-9-13(14,15)16/h10-11,17H,5-7H2,1-4H3. The van der Waals surface area contributed by atoms with Gasteiger partial charge in [0.05, 0.1) is 12.0 Å². The van der Waals surface area contributed by atoms with E-state index in [2.05, 4.69) is 5.92 Å². The summed E-state index contributed by atoms with van der Waals surface area (Å²) in [6.07, 6.45) is -3.11. The van der Waals surface area contributed by atoms with Gasteiger partial charge in [0.15, 0.2) is 0 Å². The van der Waals surface area contributed by atoms with Crippen LogP contribution in [0.25, 0.3) is 0 Å². The molecule has 0 aromatic carbocycles. The molecule has 100 valence electrons. The lowest BCUT2D eigenvalue weighted by molar-refractivity contribution is -0.0701. The molecule has 4 heteroatoms. The molecule has 0 aliphatic rings. The topological polar surface area (TPSA) is 20.2 Å². The molecule has 17 heavy (non-hydrogen) atoms. The van der Waals surface area contributed by atoms with Crippen molar-refractivity contribution in [1.29, 1.82) is 0 Å². The predicted octanol–water partition coefficient (Wildman–Crippen LogP) is 3.77. The van der Waals surface area contributed by atoms with Gasteiger partial charge in [-0.3, -0.25) is 0 Å². The van der Waals surface area contributed by atoms with Gasteiger partial charge in [0, 0.05) is 5.92 Å². The molecule has 0 fully saturated rings. The van der Waals surface area contributed by atoms with E-state index in [1.807, 2.05) is 6.92 Å². The van der Waals surface area contributed by atoms with Gasteiger partial charge in [-0.25, -0.2) is 0 Å². The van der Waals surface area contributed by atoms with Gasteiger partial charge in [-0.05, 0) is 11.8 Å². The van der Waals surface area contributed by atoms with E-state index >= 15 is 0 Å². The van der Waals surface area contributed by atoms with E-state index in [9.17, 15) is 18.3 Å². The molecular formula is C13H21F3O. The molecule has 2 atom stereocenters. The van der Waals surface area contributed by atoms with Crippen LogP contribution in [0, 0.1) is 23.2 Å². The smallest absolute Gasteiger partial charge is 0.392 e. The zero-order valence-corrected chi connectivity index (χ0v) is 10.9. The minimum absolute atomic E-state index is 0.467. The SMILES string of the molecule is CCCCC(O)C(C#CC(F)(F)F)C(C)(C)C. The Bertz CT molecular complexity index is 278. The van der Waals surface area contributed by atoms with Crippen molar-refractivity contribution in [3.63, 3.8) is 0 Å². The fraction of sp³-hybridized carbons (Fsp3) is 0.846. The van der Waals surface area contributed by atoms with Crippen LogP contribution in [0.15, 0.2) is 0 Å². The molecule has 0 amide bonds. The van der Waals surface area contributed by atoms with Crippen molar-refractivity contribution >= 4 is 0 Å². The maximum absolute atomic E-state index is 12.1. The summed E-state index contributed by atoms with van der Waals surface area (Å²) in [7, 11) is 0. The fourth-order valence-electron chi connectivity index (χ4n) is 1.63. The lowest BCUT2D eigenvalue weighted by Gasteiger charge is -2.30. The number of rotatable bonds is 4. The molecule has 0 heterocycles. The first kappa shape index (κ1) is 16.3. The molecule has 2 unspecified atom stereocenters. The summed E-state index contributed by atoms with van der Waals surface area (Å²) in [5, 5.41) is 9.90. The molecule has 0 aromatic rings. The average Bonchev–Trinajstić information content (AvgIpc) is 2.10. The zero-order chi connectivity index (χ0) is 13.7. The minimum Gasteiger partial charge on any atom is -0.392 e. The van der Waals surface area contributed by atoms with Crippen LogP contribution in [-0.2, 0) is 0 Å². The number of hydrogen-bond acceptors (Lipinski definition) is 1. The molecule has 1 N–H and O–H groups in total. The number of aliphatic hydroxyl groups excluding tert-OH is 1. The minimum atomic E-state index is -4.49. The van der Waals surface area contributed by atoms with Crippen LogP contribution in [0.5, 0.6) is 0 Å². The van der Waals surface area contributed by atoms with Crippen molar-refractivity contribution in [2.45, 2.75) is 59.2 Å². The normalized spacial score (nSPS) is 16.0. The Morgan fingerprint density at radius 3 is 2.06 bits per heavy atom.